The van der Waals surface area contributed by atoms with Gasteiger partial charge in [-0.05, 0) is 11.8 Å². The Bertz CT molecular complexity index is 391. The zero-order chi connectivity index (χ0) is 13.5. The van der Waals surface area contributed by atoms with E-state index in [-0.39, 0.29) is 5.82 Å². The fraction of sp³-hybridized carbons (Fsp3) is 0.667. The zero-order valence-electron chi connectivity index (χ0n) is 11.4. The molecule has 1 rings (SSSR count). The first-order valence-corrected chi connectivity index (χ1v) is 6.15. The van der Waals surface area contributed by atoms with Crippen molar-refractivity contribution in [2.75, 3.05) is 23.7 Å². The van der Waals surface area contributed by atoms with Crippen molar-refractivity contribution >= 4 is 11.9 Å². The number of aromatic nitrogens is 3. The molecule has 1 aromatic heterocycles. The van der Waals surface area contributed by atoms with E-state index in [2.05, 4.69) is 53.3 Å². The number of nitrogens with one attached hydrogen (secondary N) is 2. The molecule has 0 fully saturated rings. The van der Waals surface area contributed by atoms with Gasteiger partial charge in [0.2, 0.25) is 17.7 Å². The third kappa shape index (κ3) is 4.95. The molecule has 0 amide bonds. The van der Waals surface area contributed by atoms with Gasteiger partial charge < -0.3 is 10.6 Å². The van der Waals surface area contributed by atoms with Gasteiger partial charge in [-0.25, -0.2) is 0 Å². The molecule has 0 aliphatic rings. The van der Waals surface area contributed by atoms with Crippen LogP contribution in [0.1, 0.15) is 33.5 Å². The quantitative estimate of drug-likeness (QED) is 0.799. The molecule has 0 saturated heterocycles. The number of anilines is 2. The summed E-state index contributed by atoms with van der Waals surface area (Å²) in [7, 11) is 0. The van der Waals surface area contributed by atoms with Crippen molar-refractivity contribution in [3.05, 3.63) is 5.82 Å². The Balaban J connectivity index is 2.78. The van der Waals surface area contributed by atoms with E-state index < -0.39 is 0 Å². The minimum Gasteiger partial charge on any atom is -0.354 e. The highest BCUT2D eigenvalue weighted by Gasteiger charge is 2.06. The molecule has 2 N–H and O–H groups in total. The molecular weight excluding hydrogens is 228 g/mol. The third-order valence-corrected chi connectivity index (χ3v) is 2.07. The molecule has 1 heterocycles. The van der Waals surface area contributed by atoms with E-state index in [1.165, 1.54) is 0 Å². The summed E-state index contributed by atoms with van der Waals surface area (Å²) in [6.45, 7) is 9.90. The van der Waals surface area contributed by atoms with Gasteiger partial charge in [-0.2, -0.15) is 20.2 Å². The first kappa shape index (κ1) is 14.2. The lowest BCUT2D eigenvalue weighted by molar-refractivity contribution is 0.678. The fourth-order valence-corrected chi connectivity index (χ4v) is 1.17. The lowest BCUT2D eigenvalue weighted by Crippen LogP contribution is -2.15. The summed E-state index contributed by atoms with van der Waals surface area (Å²) < 4.78 is 0. The van der Waals surface area contributed by atoms with E-state index in [0.29, 0.717) is 23.7 Å². The number of hydrogen-bond donors (Lipinski definition) is 2. The molecule has 0 unspecified atom stereocenters. The normalized spacial score (nSPS) is 10.5. The molecule has 0 radical (unpaired) electrons. The van der Waals surface area contributed by atoms with Gasteiger partial charge in [0.25, 0.3) is 0 Å². The SMILES string of the molecule is CC(C)CNc1nc(C#N)nc(NCC(C)C)n1. The van der Waals surface area contributed by atoms with E-state index in [1.54, 1.807) is 0 Å². The molecule has 0 bridgehead atoms. The zero-order valence-corrected chi connectivity index (χ0v) is 11.4. The van der Waals surface area contributed by atoms with Crippen LogP contribution in [0.3, 0.4) is 0 Å². The van der Waals surface area contributed by atoms with E-state index in [4.69, 9.17) is 5.26 Å². The summed E-state index contributed by atoms with van der Waals surface area (Å²) in [5.41, 5.74) is 0. The predicted octanol–water partition coefficient (Wildman–Crippen LogP) is 1.88. The van der Waals surface area contributed by atoms with Crippen LogP contribution in [-0.2, 0) is 0 Å². The van der Waals surface area contributed by atoms with Crippen LogP contribution in [0.25, 0.3) is 0 Å². The highest BCUT2D eigenvalue weighted by atomic mass is 15.2. The first-order chi connectivity index (χ1) is 8.51. The van der Waals surface area contributed by atoms with Crippen LogP contribution in [0.5, 0.6) is 0 Å². The maximum Gasteiger partial charge on any atom is 0.238 e. The van der Waals surface area contributed by atoms with Gasteiger partial charge >= 0.3 is 0 Å². The van der Waals surface area contributed by atoms with Gasteiger partial charge in [0, 0.05) is 13.1 Å². The smallest absolute Gasteiger partial charge is 0.238 e. The maximum atomic E-state index is 8.88. The molecule has 0 aromatic carbocycles. The lowest BCUT2D eigenvalue weighted by atomic mass is 10.2. The second-order valence-electron chi connectivity index (χ2n) is 4.97. The van der Waals surface area contributed by atoms with Crippen molar-refractivity contribution in [1.82, 2.24) is 15.0 Å². The van der Waals surface area contributed by atoms with Crippen molar-refractivity contribution in [1.29, 1.82) is 5.26 Å². The molecule has 0 aliphatic carbocycles. The van der Waals surface area contributed by atoms with Gasteiger partial charge in [0.05, 0.1) is 0 Å². The summed E-state index contributed by atoms with van der Waals surface area (Å²) in [6, 6.07) is 1.94. The lowest BCUT2D eigenvalue weighted by Gasteiger charge is -2.10. The Labute approximate surface area is 108 Å². The largest absolute Gasteiger partial charge is 0.354 e. The first-order valence-electron chi connectivity index (χ1n) is 6.15. The van der Waals surface area contributed by atoms with Gasteiger partial charge in [-0.15, -0.1) is 0 Å². The average molecular weight is 248 g/mol. The summed E-state index contributed by atoms with van der Waals surface area (Å²) in [5.74, 6) is 1.99. The molecule has 6 nitrogen and oxygen atoms in total. The van der Waals surface area contributed by atoms with Crippen molar-refractivity contribution in [2.24, 2.45) is 11.8 Å². The van der Waals surface area contributed by atoms with E-state index in [0.717, 1.165) is 13.1 Å². The molecule has 18 heavy (non-hydrogen) atoms. The number of nitrogens with zero attached hydrogens (tertiary/aromatic N) is 4. The van der Waals surface area contributed by atoms with Gasteiger partial charge in [0.15, 0.2) is 0 Å². The van der Waals surface area contributed by atoms with Crippen molar-refractivity contribution in [2.45, 2.75) is 27.7 Å². The number of rotatable bonds is 6. The van der Waals surface area contributed by atoms with Crippen LogP contribution in [0.2, 0.25) is 0 Å². The topological polar surface area (TPSA) is 86.5 Å². The summed E-state index contributed by atoms with van der Waals surface area (Å²) in [6.07, 6.45) is 0. The van der Waals surface area contributed by atoms with Crippen molar-refractivity contribution in [3.63, 3.8) is 0 Å². The van der Waals surface area contributed by atoms with Crippen LogP contribution in [0.15, 0.2) is 0 Å². The van der Waals surface area contributed by atoms with Crippen molar-refractivity contribution in [3.8, 4) is 6.07 Å². The van der Waals surface area contributed by atoms with Crippen molar-refractivity contribution < 1.29 is 0 Å². The minimum absolute atomic E-state index is 0.127. The standard InChI is InChI=1S/C12H20N6/c1-8(2)6-14-11-16-10(5-13)17-12(18-11)15-7-9(3)4/h8-9H,6-7H2,1-4H3,(H2,14,15,16,17,18). The maximum absolute atomic E-state index is 8.88. The number of nitriles is 1. The Morgan fingerprint density at radius 3 is 1.72 bits per heavy atom. The summed E-state index contributed by atoms with van der Waals surface area (Å²) in [5, 5.41) is 15.1. The van der Waals surface area contributed by atoms with Crippen LogP contribution in [0, 0.1) is 23.2 Å². The molecule has 1 aromatic rings. The van der Waals surface area contributed by atoms with Crippen LogP contribution in [0.4, 0.5) is 11.9 Å². The minimum atomic E-state index is 0.127. The molecule has 0 spiro atoms. The second-order valence-corrected chi connectivity index (χ2v) is 4.97. The summed E-state index contributed by atoms with van der Waals surface area (Å²) >= 11 is 0. The molecule has 0 saturated carbocycles. The Morgan fingerprint density at radius 1 is 0.944 bits per heavy atom. The third-order valence-electron chi connectivity index (χ3n) is 2.07. The van der Waals surface area contributed by atoms with E-state index in [1.807, 2.05) is 6.07 Å². The van der Waals surface area contributed by atoms with E-state index >= 15 is 0 Å². The van der Waals surface area contributed by atoms with Gasteiger partial charge in [-0.1, -0.05) is 27.7 Å². The Kier molecular flexibility index (Phi) is 5.31. The van der Waals surface area contributed by atoms with Gasteiger partial charge in [-0.3, -0.25) is 0 Å². The number of hydrogen-bond acceptors (Lipinski definition) is 6. The van der Waals surface area contributed by atoms with Crippen LogP contribution >= 0.6 is 0 Å². The van der Waals surface area contributed by atoms with Crippen LogP contribution in [-0.4, -0.2) is 28.0 Å². The average Bonchev–Trinajstić information content (AvgIpc) is 2.33. The van der Waals surface area contributed by atoms with E-state index in [9.17, 15) is 0 Å². The van der Waals surface area contributed by atoms with Gasteiger partial charge in [0.1, 0.15) is 6.07 Å². The Hall–Kier alpha value is -1.90. The molecule has 0 atom stereocenters. The summed E-state index contributed by atoms with van der Waals surface area (Å²) in [4.78, 5) is 12.3. The second kappa shape index (κ2) is 6.74. The molecule has 98 valence electrons. The molecule has 0 aliphatic heterocycles. The molecule has 6 heteroatoms. The Morgan fingerprint density at radius 2 is 1.39 bits per heavy atom. The highest BCUT2D eigenvalue weighted by Crippen LogP contribution is 2.07. The fourth-order valence-electron chi connectivity index (χ4n) is 1.17. The highest BCUT2D eigenvalue weighted by molar-refractivity contribution is 5.36. The monoisotopic (exact) mass is 248 g/mol. The molecular formula is C12H20N6. The van der Waals surface area contributed by atoms with Crippen LogP contribution < -0.4 is 10.6 Å². The predicted molar refractivity (Wildman–Crippen MR) is 71.2 cm³/mol.